The summed E-state index contributed by atoms with van der Waals surface area (Å²) in [6.07, 6.45) is 7.02. The predicted octanol–water partition coefficient (Wildman–Crippen LogP) is 5.33. The Bertz CT molecular complexity index is 1720. The molecule has 0 spiro atoms. The van der Waals surface area contributed by atoms with E-state index in [-0.39, 0.29) is 11.9 Å². The van der Waals surface area contributed by atoms with Crippen molar-refractivity contribution in [2.45, 2.75) is 32.2 Å². The van der Waals surface area contributed by atoms with Gasteiger partial charge in [-0.15, -0.1) is 0 Å². The molecule has 7 rings (SSSR count). The fraction of sp³-hybridized carbons (Fsp3) is 0.219. The summed E-state index contributed by atoms with van der Waals surface area (Å²) >= 11 is 0. The molecule has 9 heteroatoms. The number of nitrogens with zero attached hydrogens (tertiary/aromatic N) is 7. The molecule has 0 amide bonds. The lowest BCUT2D eigenvalue weighted by molar-refractivity contribution is 0.0930. The fourth-order valence-corrected chi connectivity index (χ4v) is 5.53. The molecule has 0 radical (unpaired) electrons. The van der Waals surface area contributed by atoms with Gasteiger partial charge in [-0.1, -0.05) is 54.6 Å². The normalized spacial score (nSPS) is 14.9. The summed E-state index contributed by atoms with van der Waals surface area (Å²) in [5.74, 6) is 2.27. The van der Waals surface area contributed by atoms with Gasteiger partial charge in [0, 0.05) is 55.4 Å². The van der Waals surface area contributed by atoms with Gasteiger partial charge < -0.3 is 9.47 Å². The van der Waals surface area contributed by atoms with Crippen molar-refractivity contribution < 1.29 is 9.47 Å². The van der Waals surface area contributed by atoms with E-state index in [1.807, 2.05) is 36.5 Å². The Morgan fingerprint density at radius 2 is 1.76 bits per heavy atom. The quantitative estimate of drug-likeness (QED) is 0.284. The van der Waals surface area contributed by atoms with Gasteiger partial charge in [0.05, 0.1) is 17.0 Å². The number of imidazole rings is 1. The third kappa shape index (κ3) is 5.01. The van der Waals surface area contributed by atoms with E-state index < -0.39 is 0 Å². The third-order valence-electron chi connectivity index (χ3n) is 7.57. The zero-order chi connectivity index (χ0) is 27.6. The Kier molecular flexibility index (Phi) is 6.59. The van der Waals surface area contributed by atoms with Crippen molar-refractivity contribution in [3.63, 3.8) is 0 Å². The van der Waals surface area contributed by atoms with Crippen LogP contribution in [-0.4, -0.2) is 48.6 Å². The molecule has 0 atom stereocenters. The molecule has 0 aliphatic carbocycles. The monoisotopic (exact) mass is 541 g/mol. The van der Waals surface area contributed by atoms with E-state index in [9.17, 15) is 0 Å². The van der Waals surface area contributed by atoms with Crippen molar-refractivity contribution in [3.05, 3.63) is 96.7 Å². The number of hydrogen-bond donors (Lipinski definition) is 0. The van der Waals surface area contributed by atoms with Crippen LogP contribution >= 0.6 is 0 Å². The van der Waals surface area contributed by atoms with Crippen LogP contribution in [-0.2, 0) is 13.3 Å². The molecule has 41 heavy (non-hydrogen) atoms. The maximum Gasteiger partial charge on any atom is 0.235 e. The van der Waals surface area contributed by atoms with Crippen molar-refractivity contribution in [2.75, 3.05) is 13.1 Å². The molecule has 2 aromatic carbocycles. The Morgan fingerprint density at radius 3 is 2.56 bits per heavy atom. The van der Waals surface area contributed by atoms with E-state index >= 15 is 0 Å². The zero-order valence-electron chi connectivity index (χ0n) is 22.3. The van der Waals surface area contributed by atoms with E-state index in [4.69, 9.17) is 19.7 Å². The van der Waals surface area contributed by atoms with Gasteiger partial charge in [-0.3, -0.25) is 14.5 Å². The lowest BCUT2D eigenvalue weighted by Gasteiger charge is -2.31. The van der Waals surface area contributed by atoms with Crippen molar-refractivity contribution in [3.8, 4) is 51.6 Å². The molecule has 0 N–H and O–H groups in total. The molecule has 5 aromatic rings. The average molecular weight is 542 g/mol. The molecule has 0 saturated carbocycles. The lowest BCUT2D eigenvalue weighted by atomic mass is 10.0. The second-order valence-corrected chi connectivity index (χ2v) is 10.2. The van der Waals surface area contributed by atoms with Crippen molar-refractivity contribution in [1.82, 2.24) is 29.4 Å². The number of hydrogen-bond acceptors (Lipinski definition) is 8. The summed E-state index contributed by atoms with van der Waals surface area (Å²) in [6.45, 7) is 3.14. The molecule has 3 aromatic heterocycles. The van der Waals surface area contributed by atoms with Crippen LogP contribution in [0.15, 0.2) is 85.3 Å². The van der Waals surface area contributed by atoms with Crippen LogP contribution in [0.2, 0.25) is 0 Å². The number of fused-ring (bicyclic) bond motifs is 3. The number of benzene rings is 2. The van der Waals surface area contributed by atoms with E-state index in [1.165, 1.54) is 5.56 Å². The fourth-order valence-electron chi connectivity index (χ4n) is 5.53. The van der Waals surface area contributed by atoms with Crippen LogP contribution in [0.4, 0.5) is 0 Å². The van der Waals surface area contributed by atoms with Gasteiger partial charge in [0.15, 0.2) is 6.73 Å². The van der Waals surface area contributed by atoms with Crippen LogP contribution in [0.1, 0.15) is 24.2 Å². The number of nitriles is 1. The van der Waals surface area contributed by atoms with Gasteiger partial charge in [0.1, 0.15) is 23.7 Å². The molecule has 0 unspecified atom stereocenters. The Morgan fingerprint density at radius 1 is 0.927 bits per heavy atom. The summed E-state index contributed by atoms with van der Waals surface area (Å²) in [6, 6.07) is 24.6. The standard InChI is InChI=1S/C32H27N7O2/c33-18-28-35-15-11-29(36-28)41-25-12-16-38(17-13-25)20-22-6-8-23(9-7-22)30-31(24-4-2-1-3-5-24)39-21-40-27-10-14-34-19-26(27)32(39)37-30/h1-11,14-15,19,25H,12-13,16-17,20-21H2. The molecule has 202 valence electrons. The van der Waals surface area contributed by atoms with Gasteiger partial charge in [-0.25, -0.2) is 9.97 Å². The highest BCUT2D eigenvalue weighted by Crippen LogP contribution is 2.41. The first-order valence-corrected chi connectivity index (χ1v) is 13.7. The molecule has 1 saturated heterocycles. The second-order valence-electron chi connectivity index (χ2n) is 10.2. The van der Waals surface area contributed by atoms with Crippen molar-refractivity contribution in [1.29, 1.82) is 5.26 Å². The molecule has 2 aliphatic heterocycles. The van der Waals surface area contributed by atoms with Gasteiger partial charge in [0.25, 0.3) is 0 Å². The second kappa shape index (κ2) is 10.8. The zero-order valence-corrected chi connectivity index (χ0v) is 22.3. The Labute approximate surface area is 237 Å². The topological polar surface area (TPSA) is 102 Å². The van der Waals surface area contributed by atoms with E-state index in [0.29, 0.717) is 12.6 Å². The first kappa shape index (κ1) is 24.9. The smallest absolute Gasteiger partial charge is 0.235 e. The molecule has 5 heterocycles. The van der Waals surface area contributed by atoms with Crippen LogP contribution < -0.4 is 9.47 Å². The number of piperidine rings is 1. The number of aromatic nitrogens is 5. The lowest BCUT2D eigenvalue weighted by Crippen LogP contribution is -2.37. The highest BCUT2D eigenvalue weighted by molar-refractivity contribution is 5.83. The number of pyridine rings is 1. The van der Waals surface area contributed by atoms with E-state index in [2.05, 4.69) is 60.8 Å². The van der Waals surface area contributed by atoms with Crippen LogP contribution in [0, 0.1) is 11.3 Å². The SMILES string of the molecule is N#Cc1nccc(OC2CCN(Cc3ccc(-c4nc5n(c4-c4ccccc4)COc4ccncc4-5)cc3)CC2)n1. The molecule has 9 nitrogen and oxygen atoms in total. The first-order chi connectivity index (χ1) is 20.2. The molecular formula is C32H27N7O2. The third-order valence-corrected chi connectivity index (χ3v) is 7.57. The minimum absolute atomic E-state index is 0.0859. The van der Waals surface area contributed by atoms with Crippen LogP contribution in [0.3, 0.4) is 0 Å². The molecule has 1 fully saturated rings. The summed E-state index contributed by atoms with van der Waals surface area (Å²) in [5, 5.41) is 9.02. The number of rotatable bonds is 6. The Hall–Kier alpha value is -5.07. The maximum absolute atomic E-state index is 9.02. The van der Waals surface area contributed by atoms with Gasteiger partial charge in [-0.2, -0.15) is 10.2 Å². The van der Waals surface area contributed by atoms with E-state index in [0.717, 1.165) is 72.1 Å². The first-order valence-electron chi connectivity index (χ1n) is 13.7. The van der Waals surface area contributed by atoms with E-state index in [1.54, 1.807) is 18.5 Å². The number of likely N-dealkylation sites (tertiary alicyclic amines) is 1. The van der Waals surface area contributed by atoms with Gasteiger partial charge >= 0.3 is 0 Å². The summed E-state index contributed by atoms with van der Waals surface area (Å²) in [5.41, 5.74) is 6.28. The largest absolute Gasteiger partial charge is 0.474 e. The predicted molar refractivity (Wildman–Crippen MR) is 153 cm³/mol. The Balaban J connectivity index is 1.08. The summed E-state index contributed by atoms with van der Waals surface area (Å²) in [7, 11) is 0. The molecule has 2 aliphatic rings. The maximum atomic E-state index is 9.02. The minimum atomic E-state index is 0.0859. The average Bonchev–Trinajstić information content (AvgIpc) is 3.43. The van der Waals surface area contributed by atoms with Crippen molar-refractivity contribution in [2.24, 2.45) is 0 Å². The molecule has 0 bridgehead atoms. The van der Waals surface area contributed by atoms with Crippen molar-refractivity contribution >= 4 is 0 Å². The summed E-state index contributed by atoms with van der Waals surface area (Å²) in [4.78, 5) is 19.9. The number of ether oxygens (including phenoxy) is 2. The molecular weight excluding hydrogens is 514 g/mol. The minimum Gasteiger partial charge on any atom is -0.474 e. The highest BCUT2D eigenvalue weighted by atomic mass is 16.5. The van der Waals surface area contributed by atoms with Gasteiger partial charge in [-0.05, 0) is 24.5 Å². The highest BCUT2D eigenvalue weighted by Gasteiger charge is 2.27. The van der Waals surface area contributed by atoms with Gasteiger partial charge in [0.2, 0.25) is 11.7 Å². The van der Waals surface area contributed by atoms with Crippen LogP contribution in [0.25, 0.3) is 33.9 Å². The summed E-state index contributed by atoms with van der Waals surface area (Å²) < 4.78 is 14.2. The van der Waals surface area contributed by atoms with Crippen LogP contribution in [0.5, 0.6) is 11.6 Å².